The van der Waals surface area contributed by atoms with Crippen molar-refractivity contribution in [2.75, 3.05) is 0 Å². The SMILES string of the molecule is C[Si](C)(C)N(N=[N-])[Si](C)(C)C.[K+]. The minimum atomic E-state index is -1.44. The van der Waals surface area contributed by atoms with Crippen LogP contribution in [0.5, 0.6) is 0 Å². The molecule has 0 N–H and O–H groups in total. The molecule has 0 fully saturated rings. The van der Waals surface area contributed by atoms with Crippen molar-refractivity contribution >= 4 is 16.5 Å². The van der Waals surface area contributed by atoms with Crippen LogP contribution in [0.4, 0.5) is 0 Å². The van der Waals surface area contributed by atoms with Gasteiger partial charge in [-0.25, -0.2) is 0 Å². The monoisotopic (exact) mass is 227 g/mol. The fraction of sp³-hybridized carbons (Fsp3) is 1.00. The van der Waals surface area contributed by atoms with Crippen molar-refractivity contribution in [1.82, 2.24) is 4.34 Å². The molecule has 0 unspecified atom stereocenters. The molecule has 0 radical (unpaired) electrons. The third-order valence-electron chi connectivity index (χ3n) is 1.36. The molecule has 0 saturated carbocycles. The van der Waals surface area contributed by atoms with Crippen LogP contribution in [0.2, 0.25) is 39.3 Å². The Bertz CT molecular complexity index is 136. The van der Waals surface area contributed by atoms with Crippen molar-refractivity contribution in [3.05, 3.63) is 5.53 Å². The van der Waals surface area contributed by atoms with E-state index in [0.717, 1.165) is 0 Å². The molecule has 0 aliphatic carbocycles. The molecule has 0 aromatic heterocycles. The van der Waals surface area contributed by atoms with Crippen molar-refractivity contribution in [2.45, 2.75) is 39.3 Å². The Kier molecular flexibility index (Phi) is 7.13. The summed E-state index contributed by atoms with van der Waals surface area (Å²) < 4.78 is 1.96. The number of rotatable bonds is 3. The van der Waals surface area contributed by atoms with Gasteiger partial charge in [-0.3, -0.25) is 5.22 Å². The van der Waals surface area contributed by atoms with Gasteiger partial charge < -0.3 is 9.87 Å². The average Bonchev–Trinajstić information content (AvgIpc) is 1.56. The summed E-state index contributed by atoms with van der Waals surface area (Å²) in [6.45, 7) is 13.1. The Hall–Kier alpha value is 1.47. The summed E-state index contributed by atoms with van der Waals surface area (Å²) in [6, 6.07) is 0. The zero-order chi connectivity index (χ0) is 9.28. The first-order chi connectivity index (χ1) is 4.69. The molecule has 0 atom stereocenters. The molecule has 0 amide bonds. The maximum absolute atomic E-state index is 8.82. The molecule has 12 heavy (non-hydrogen) atoms. The predicted molar refractivity (Wildman–Crippen MR) is 54.3 cm³/mol. The van der Waals surface area contributed by atoms with E-state index in [9.17, 15) is 0 Å². The van der Waals surface area contributed by atoms with Crippen molar-refractivity contribution in [3.8, 4) is 0 Å². The van der Waals surface area contributed by atoms with E-state index in [4.69, 9.17) is 5.53 Å². The predicted octanol–water partition coefficient (Wildman–Crippen LogP) is -0.101. The fourth-order valence-corrected chi connectivity index (χ4v) is 9.86. The van der Waals surface area contributed by atoms with E-state index < -0.39 is 16.5 Å². The third kappa shape index (κ3) is 5.25. The van der Waals surface area contributed by atoms with Gasteiger partial charge >= 0.3 is 51.4 Å². The number of hydrogen-bond donors (Lipinski definition) is 0. The second-order valence-electron chi connectivity index (χ2n) is 4.74. The largest absolute Gasteiger partial charge is 1.00 e. The van der Waals surface area contributed by atoms with Crippen molar-refractivity contribution < 1.29 is 51.4 Å². The topological polar surface area (TPSA) is 37.9 Å². The third-order valence-corrected chi connectivity index (χ3v) is 8.11. The second-order valence-corrected chi connectivity index (χ2v) is 14.7. The van der Waals surface area contributed by atoms with Crippen LogP contribution in [0.3, 0.4) is 0 Å². The molecule has 0 aliphatic heterocycles. The summed E-state index contributed by atoms with van der Waals surface area (Å²) in [5.74, 6) is 0. The molecule has 0 bridgehead atoms. The van der Waals surface area contributed by atoms with Crippen LogP contribution in [-0.2, 0) is 0 Å². The van der Waals surface area contributed by atoms with Crippen LogP contribution in [0.15, 0.2) is 5.22 Å². The first kappa shape index (κ1) is 15.9. The van der Waals surface area contributed by atoms with Gasteiger partial charge in [0.05, 0.1) is 16.5 Å². The summed E-state index contributed by atoms with van der Waals surface area (Å²) in [7, 11) is -2.89. The van der Waals surface area contributed by atoms with Crippen LogP contribution in [-0.4, -0.2) is 20.8 Å². The van der Waals surface area contributed by atoms with E-state index in [1.54, 1.807) is 0 Å². The summed E-state index contributed by atoms with van der Waals surface area (Å²) in [6.07, 6.45) is 0. The first-order valence-corrected chi connectivity index (χ1v) is 10.7. The second kappa shape index (κ2) is 5.38. The quantitative estimate of drug-likeness (QED) is 0.377. The van der Waals surface area contributed by atoms with Crippen LogP contribution >= 0.6 is 0 Å². The Labute approximate surface area is 120 Å². The van der Waals surface area contributed by atoms with Gasteiger partial charge in [-0.15, -0.1) is 0 Å². The molecular weight excluding hydrogens is 209 g/mol. The standard InChI is InChI=1S/C6H18N3Si2.K/c1-10(2,3)9(8-7)11(4,5)6;/h1-6H3;/q-1;+1. The van der Waals surface area contributed by atoms with Crippen molar-refractivity contribution in [3.63, 3.8) is 0 Å². The van der Waals surface area contributed by atoms with Gasteiger partial charge in [0.1, 0.15) is 0 Å². The normalized spacial score (nSPS) is 11.8. The van der Waals surface area contributed by atoms with Gasteiger partial charge in [-0.1, -0.05) is 39.3 Å². The molecule has 3 nitrogen and oxygen atoms in total. The minimum absolute atomic E-state index is 0. The number of hydrogen-bond acceptors (Lipinski definition) is 1. The fourth-order valence-electron chi connectivity index (χ4n) is 1.27. The van der Waals surface area contributed by atoms with E-state index in [2.05, 4.69) is 44.5 Å². The zero-order valence-corrected chi connectivity index (χ0v) is 14.5. The Morgan fingerprint density at radius 2 is 1.17 bits per heavy atom. The average molecular weight is 228 g/mol. The molecule has 0 aliphatic rings. The molecule has 0 spiro atoms. The first-order valence-electron chi connectivity index (χ1n) is 3.85. The van der Waals surface area contributed by atoms with Crippen LogP contribution in [0.25, 0.3) is 5.53 Å². The maximum Gasteiger partial charge on any atom is 1.00 e. The van der Waals surface area contributed by atoms with E-state index >= 15 is 0 Å². The van der Waals surface area contributed by atoms with E-state index in [-0.39, 0.29) is 51.4 Å². The van der Waals surface area contributed by atoms with Gasteiger partial charge in [-0.2, -0.15) is 0 Å². The Morgan fingerprint density at radius 3 is 1.17 bits per heavy atom. The molecule has 6 heteroatoms. The molecule has 0 rings (SSSR count). The van der Waals surface area contributed by atoms with Crippen molar-refractivity contribution in [1.29, 1.82) is 0 Å². The number of nitrogens with zero attached hydrogens (tertiary/aromatic N) is 3. The minimum Gasteiger partial charge on any atom is -0.417 e. The summed E-state index contributed by atoms with van der Waals surface area (Å²) in [5.41, 5.74) is 8.82. The molecule has 0 heterocycles. The van der Waals surface area contributed by atoms with Crippen molar-refractivity contribution in [2.24, 2.45) is 5.22 Å². The van der Waals surface area contributed by atoms with Gasteiger partial charge in [0.15, 0.2) is 0 Å². The van der Waals surface area contributed by atoms with Crippen LogP contribution in [0, 0.1) is 0 Å². The molecule has 0 saturated heterocycles. The Balaban J connectivity index is 0. The zero-order valence-electron chi connectivity index (χ0n) is 9.34. The van der Waals surface area contributed by atoms with Crippen LogP contribution in [0.1, 0.15) is 0 Å². The van der Waals surface area contributed by atoms with Crippen LogP contribution < -0.4 is 51.4 Å². The maximum atomic E-state index is 8.82. The smallest absolute Gasteiger partial charge is 0.417 e. The summed E-state index contributed by atoms with van der Waals surface area (Å²) in [5, 5.41) is 3.39. The van der Waals surface area contributed by atoms with E-state index in [0.29, 0.717) is 0 Å². The summed E-state index contributed by atoms with van der Waals surface area (Å²) >= 11 is 0. The van der Waals surface area contributed by atoms with Gasteiger partial charge in [0.25, 0.3) is 0 Å². The molecular formula is C6H18KN3Si2. The van der Waals surface area contributed by atoms with E-state index in [1.165, 1.54) is 0 Å². The van der Waals surface area contributed by atoms with Gasteiger partial charge in [0, 0.05) is 0 Å². The van der Waals surface area contributed by atoms with Gasteiger partial charge in [-0.05, 0) is 0 Å². The molecule has 66 valence electrons. The summed E-state index contributed by atoms with van der Waals surface area (Å²) in [4.78, 5) is 0. The Morgan fingerprint density at radius 1 is 0.917 bits per heavy atom. The van der Waals surface area contributed by atoms with E-state index in [1.807, 2.05) is 4.34 Å². The molecule has 0 aromatic carbocycles. The molecule has 0 aromatic rings. The van der Waals surface area contributed by atoms with Gasteiger partial charge in [0.2, 0.25) is 0 Å².